The highest BCUT2D eigenvalue weighted by Gasteiger charge is 2.42. The van der Waals surface area contributed by atoms with Crippen LogP contribution >= 0.6 is 11.3 Å². The zero-order valence-corrected chi connectivity index (χ0v) is 15.4. The number of piperidine rings is 1. The van der Waals surface area contributed by atoms with Crippen LogP contribution < -0.4 is 0 Å². The Balaban J connectivity index is 1.20. The molecule has 0 saturated carbocycles. The van der Waals surface area contributed by atoms with E-state index in [1.807, 2.05) is 18.3 Å². The number of aromatic nitrogens is 1. The molecule has 2 aliphatic heterocycles. The van der Waals surface area contributed by atoms with Gasteiger partial charge in [-0.05, 0) is 71.8 Å². The van der Waals surface area contributed by atoms with Crippen molar-refractivity contribution in [2.45, 2.75) is 38.5 Å². The first-order chi connectivity index (χ1) is 12.3. The number of likely N-dealkylation sites (tertiary alicyclic amines) is 1. The normalized spacial score (nSPS) is 23.3. The molecular formula is C20H26N2O2S. The summed E-state index contributed by atoms with van der Waals surface area (Å²) in [7, 11) is 0. The van der Waals surface area contributed by atoms with Crippen LogP contribution in [0.3, 0.4) is 0 Å². The summed E-state index contributed by atoms with van der Waals surface area (Å²) in [5.74, 6) is 0. The van der Waals surface area contributed by atoms with Crippen LogP contribution in [-0.2, 0) is 22.6 Å². The number of hydrogen-bond acceptors (Lipinski definition) is 5. The van der Waals surface area contributed by atoms with Gasteiger partial charge in [0.15, 0.2) is 0 Å². The fourth-order valence-corrected chi connectivity index (χ4v) is 4.63. The van der Waals surface area contributed by atoms with E-state index >= 15 is 0 Å². The van der Waals surface area contributed by atoms with Crippen molar-refractivity contribution in [1.29, 1.82) is 0 Å². The number of hydrogen-bond donors (Lipinski definition) is 0. The molecule has 4 rings (SSSR count). The lowest BCUT2D eigenvalue weighted by molar-refractivity contribution is 0.00628. The Morgan fingerprint density at radius 3 is 2.96 bits per heavy atom. The Labute approximate surface area is 153 Å². The first-order valence-corrected chi connectivity index (χ1v) is 10.1. The number of ether oxygens (including phenoxy) is 2. The standard InChI is InChI=1S/C20H26N2O2S/c1-2-17(11-21-6-1)13-23-14-19-10-20(16-24-19)4-7-22(8-5-20)12-18-3-9-25-15-18/h1-3,6,9,11,15,19H,4-5,7-8,10,12-14,16H2. The fourth-order valence-electron chi connectivity index (χ4n) is 3.97. The number of pyridine rings is 1. The molecule has 0 amide bonds. The second kappa shape index (κ2) is 7.96. The molecule has 0 aliphatic carbocycles. The van der Waals surface area contributed by atoms with Crippen molar-refractivity contribution in [3.8, 4) is 0 Å². The highest BCUT2D eigenvalue weighted by Crippen LogP contribution is 2.42. The van der Waals surface area contributed by atoms with E-state index < -0.39 is 0 Å². The van der Waals surface area contributed by atoms with Gasteiger partial charge >= 0.3 is 0 Å². The molecule has 5 heteroatoms. The van der Waals surface area contributed by atoms with Crippen LogP contribution in [0.15, 0.2) is 41.4 Å². The summed E-state index contributed by atoms with van der Waals surface area (Å²) in [5, 5.41) is 4.43. The molecule has 2 fully saturated rings. The van der Waals surface area contributed by atoms with E-state index in [4.69, 9.17) is 9.47 Å². The van der Waals surface area contributed by atoms with E-state index in [-0.39, 0.29) is 6.10 Å². The van der Waals surface area contributed by atoms with Crippen molar-refractivity contribution in [2.24, 2.45) is 5.41 Å². The smallest absolute Gasteiger partial charge is 0.0815 e. The zero-order chi connectivity index (χ0) is 17.0. The summed E-state index contributed by atoms with van der Waals surface area (Å²) < 4.78 is 11.9. The minimum Gasteiger partial charge on any atom is -0.375 e. The van der Waals surface area contributed by atoms with Crippen LogP contribution in [0.2, 0.25) is 0 Å². The van der Waals surface area contributed by atoms with Gasteiger partial charge in [0, 0.05) is 18.9 Å². The van der Waals surface area contributed by atoms with Gasteiger partial charge in [0.2, 0.25) is 0 Å². The first kappa shape index (κ1) is 17.2. The average molecular weight is 359 g/mol. The van der Waals surface area contributed by atoms with Gasteiger partial charge in [-0.25, -0.2) is 0 Å². The molecule has 2 aliphatic rings. The highest BCUT2D eigenvalue weighted by atomic mass is 32.1. The molecule has 2 aromatic heterocycles. The third-order valence-corrected chi connectivity index (χ3v) is 6.22. The van der Waals surface area contributed by atoms with Crippen LogP contribution in [0, 0.1) is 5.41 Å². The lowest BCUT2D eigenvalue weighted by Crippen LogP contribution is -2.40. The molecule has 1 atom stereocenters. The molecule has 0 radical (unpaired) electrons. The molecule has 1 spiro atoms. The molecule has 134 valence electrons. The largest absolute Gasteiger partial charge is 0.375 e. The maximum absolute atomic E-state index is 6.07. The molecule has 0 bridgehead atoms. The highest BCUT2D eigenvalue weighted by molar-refractivity contribution is 7.07. The average Bonchev–Trinajstić information content (AvgIpc) is 3.29. The van der Waals surface area contributed by atoms with Crippen molar-refractivity contribution in [3.63, 3.8) is 0 Å². The second-order valence-corrected chi connectivity index (χ2v) is 8.20. The summed E-state index contributed by atoms with van der Waals surface area (Å²) in [6, 6.07) is 6.24. The van der Waals surface area contributed by atoms with Gasteiger partial charge in [0.05, 0.1) is 25.9 Å². The second-order valence-electron chi connectivity index (χ2n) is 7.42. The van der Waals surface area contributed by atoms with Crippen LogP contribution in [0.5, 0.6) is 0 Å². The van der Waals surface area contributed by atoms with E-state index in [2.05, 4.69) is 26.7 Å². The van der Waals surface area contributed by atoms with Crippen molar-refractivity contribution in [3.05, 3.63) is 52.5 Å². The Morgan fingerprint density at radius 1 is 1.28 bits per heavy atom. The zero-order valence-electron chi connectivity index (χ0n) is 14.6. The summed E-state index contributed by atoms with van der Waals surface area (Å²) in [6.45, 7) is 5.67. The van der Waals surface area contributed by atoms with E-state index in [0.717, 1.165) is 25.1 Å². The monoisotopic (exact) mass is 358 g/mol. The van der Waals surface area contributed by atoms with Gasteiger partial charge in [-0.1, -0.05) is 6.07 Å². The molecular weight excluding hydrogens is 332 g/mol. The molecule has 4 nitrogen and oxygen atoms in total. The third kappa shape index (κ3) is 4.47. The van der Waals surface area contributed by atoms with Crippen molar-refractivity contribution < 1.29 is 9.47 Å². The first-order valence-electron chi connectivity index (χ1n) is 9.13. The van der Waals surface area contributed by atoms with Crippen molar-refractivity contribution >= 4 is 11.3 Å². The fraction of sp³-hybridized carbons (Fsp3) is 0.550. The summed E-state index contributed by atoms with van der Waals surface area (Å²) in [4.78, 5) is 6.70. The van der Waals surface area contributed by atoms with Crippen molar-refractivity contribution in [1.82, 2.24) is 9.88 Å². The van der Waals surface area contributed by atoms with Crippen LogP contribution in [0.1, 0.15) is 30.4 Å². The van der Waals surface area contributed by atoms with Gasteiger partial charge in [0.25, 0.3) is 0 Å². The predicted octanol–water partition coefficient (Wildman–Crippen LogP) is 3.73. The number of rotatable bonds is 6. The number of thiophene rings is 1. The van der Waals surface area contributed by atoms with Gasteiger partial charge < -0.3 is 9.47 Å². The van der Waals surface area contributed by atoms with Gasteiger partial charge in [0.1, 0.15) is 0 Å². The molecule has 4 heterocycles. The van der Waals surface area contributed by atoms with Crippen LogP contribution in [0.4, 0.5) is 0 Å². The van der Waals surface area contributed by atoms with Gasteiger partial charge in [-0.2, -0.15) is 11.3 Å². The Morgan fingerprint density at radius 2 is 2.20 bits per heavy atom. The quantitative estimate of drug-likeness (QED) is 0.788. The van der Waals surface area contributed by atoms with Gasteiger partial charge in [-0.15, -0.1) is 0 Å². The number of nitrogens with zero attached hydrogens (tertiary/aromatic N) is 2. The molecule has 0 aromatic carbocycles. The van der Waals surface area contributed by atoms with E-state index in [9.17, 15) is 0 Å². The van der Waals surface area contributed by atoms with Gasteiger partial charge in [-0.3, -0.25) is 9.88 Å². The molecule has 1 unspecified atom stereocenters. The lowest BCUT2D eigenvalue weighted by Gasteiger charge is -2.38. The van der Waals surface area contributed by atoms with Crippen LogP contribution in [0.25, 0.3) is 0 Å². The van der Waals surface area contributed by atoms with Crippen molar-refractivity contribution in [2.75, 3.05) is 26.3 Å². The molecule has 0 N–H and O–H groups in total. The van der Waals surface area contributed by atoms with E-state index in [1.54, 1.807) is 17.5 Å². The van der Waals surface area contributed by atoms with E-state index in [1.165, 1.54) is 31.5 Å². The molecule has 25 heavy (non-hydrogen) atoms. The SMILES string of the molecule is c1cncc(COCC2CC3(CCN(Cc4ccsc4)CC3)CO2)c1. The minimum atomic E-state index is 0.250. The van der Waals surface area contributed by atoms with Crippen LogP contribution in [-0.4, -0.2) is 42.3 Å². The lowest BCUT2D eigenvalue weighted by atomic mass is 9.76. The predicted molar refractivity (Wildman–Crippen MR) is 99.5 cm³/mol. The minimum absolute atomic E-state index is 0.250. The Kier molecular flexibility index (Phi) is 5.46. The third-order valence-electron chi connectivity index (χ3n) is 5.48. The molecule has 2 aromatic rings. The summed E-state index contributed by atoms with van der Waals surface area (Å²) in [6.07, 6.45) is 7.54. The summed E-state index contributed by atoms with van der Waals surface area (Å²) >= 11 is 1.79. The van der Waals surface area contributed by atoms with E-state index in [0.29, 0.717) is 18.6 Å². The topological polar surface area (TPSA) is 34.6 Å². The Hall–Kier alpha value is -1.27. The Bertz CT molecular complexity index is 639. The summed E-state index contributed by atoms with van der Waals surface area (Å²) in [5.41, 5.74) is 2.95. The molecule has 2 saturated heterocycles. The maximum Gasteiger partial charge on any atom is 0.0815 e. The maximum atomic E-state index is 6.07.